The molecular weight excluding hydrogens is 779 g/mol. The number of anilines is 2. The van der Waals surface area contributed by atoms with Gasteiger partial charge in [0.1, 0.15) is 0 Å². The molecule has 0 aromatic heterocycles. The second-order valence-corrected chi connectivity index (χ2v) is 14.1. The van der Waals surface area contributed by atoms with Gasteiger partial charge in [0.25, 0.3) is 0 Å². The van der Waals surface area contributed by atoms with E-state index in [-0.39, 0.29) is 22.4 Å². The molecule has 5 aromatic carbocycles. The van der Waals surface area contributed by atoms with Gasteiger partial charge in [0.15, 0.2) is 0 Å². The number of nitrogens with zero attached hydrogens (tertiary/aromatic N) is 3. The van der Waals surface area contributed by atoms with Gasteiger partial charge < -0.3 is 15.1 Å². The number of hydrogen-bond donors (Lipinski definition) is 0. The number of fused-ring (bicyclic) bond motifs is 5. The molecule has 0 spiro atoms. The average Bonchev–Trinajstić information content (AvgIpc) is 3.52. The van der Waals surface area contributed by atoms with Crippen LogP contribution in [0.25, 0.3) is 27.6 Å². The van der Waals surface area contributed by atoms with Gasteiger partial charge in [0.05, 0.1) is 0 Å². The summed E-state index contributed by atoms with van der Waals surface area (Å²) in [5, 5.41) is 4.82. The Morgan fingerprint density at radius 3 is 1.04 bits per heavy atom. The molecule has 1 radical (unpaired) electrons. The minimum Gasteiger partial charge on any atom is -0.657 e. The molecule has 0 bridgehead atoms. The summed E-state index contributed by atoms with van der Waals surface area (Å²) in [6, 6.07) is 38.7. The van der Waals surface area contributed by atoms with Crippen LogP contribution in [0.5, 0.6) is 0 Å². The van der Waals surface area contributed by atoms with E-state index in [1.807, 2.05) is 12.1 Å². The van der Waals surface area contributed by atoms with Gasteiger partial charge in [-0.15, -0.1) is 18.0 Å². The number of benzene rings is 5. The fraction of sp³-hybridized carbons (Fsp3) is 0.267. The molecule has 0 fully saturated rings. The van der Waals surface area contributed by atoms with Crippen LogP contribution in [0.4, 0.5) is 22.7 Å². The molecule has 0 saturated carbocycles. The van der Waals surface area contributed by atoms with Crippen molar-refractivity contribution in [2.75, 3.05) is 9.80 Å². The zero-order chi connectivity index (χ0) is 33.9. The van der Waals surface area contributed by atoms with E-state index in [0.717, 1.165) is 11.4 Å². The summed E-state index contributed by atoms with van der Waals surface area (Å²) in [7, 11) is 0. The first-order valence-corrected chi connectivity index (χ1v) is 17.5. The Hall–Kier alpha value is -4.02. The summed E-state index contributed by atoms with van der Waals surface area (Å²) >= 11 is 0. The Morgan fingerprint density at radius 2 is 0.714 bits per heavy atom. The zero-order valence-electron chi connectivity index (χ0n) is 30.1. The van der Waals surface area contributed by atoms with Crippen molar-refractivity contribution in [3.8, 4) is 22.3 Å². The van der Waals surface area contributed by atoms with Crippen LogP contribution >= 0.6 is 0 Å². The van der Waals surface area contributed by atoms with Crippen LogP contribution in [-0.2, 0) is 22.4 Å². The molecule has 2 heterocycles. The van der Waals surface area contributed by atoms with E-state index in [9.17, 15) is 0 Å². The molecule has 0 amide bonds. The Bertz CT molecular complexity index is 1730. The van der Waals surface area contributed by atoms with E-state index < -0.39 is 0 Å². The Balaban J connectivity index is 0.000000202. The smallest absolute Gasteiger partial charge is 0.0195 e. The maximum Gasteiger partial charge on any atom is 0.0195 e. The summed E-state index contributed by atoms with van der Waals surface area (Å²) in [6.07, 6.45) is 4.43. The summed E-state index contributed by atoms with van der Waals surface area (Å²) in [5.74, 6) is 1.92. The van der Waals surface area contributed by atoms with Crippen molar-refractivity contribution < 1.29 is 22.4 Å². The minimum absolute atomic E-state index is 0. The van der Waals surface area contributed by atoms with Crippen LogP contribution in [0.3, 0.4) is 0 Å². The third-order valence-electron chi connectivity index (χ3n) is 9.39. The van der Waals surface area contributed by atoms with Crippen molar-refractivity contribution in [2.45, 2.75) is 79.1 Å². The van der Waals surface area contributed by atoms with Crippen LogP contribution in [-0.4, -0.2) is 0 Å². The summed E-state index contributed by atoms with van der Waals surface area (Å²) < 4.78 is 0. The first kappa shape index (κ1) is 36.3. The van der Waals surface area contributed by atoms with Gasteiger partial charge in [-0.1, -0.05) is 165 Å². The summed E-state index contributed by atoms with van der Waals surface area (Å²) in [4.78, 5) is 4.65. The van der Waals surface area contributed by atoms with Crippen molar-refractivity contribution in [2.24, 2.45) is 0 Å². The van der Waals surface area contributed by atoms with E-state index >= 15 is 0 Å². The van der Waals surface area contributed by atoms with Gasteiger partial charge in [-0.3, -0.25) is 0 Å². The van der Waals surface area contributed by atoms with Crippen molar-refractivity contribution in [3.63, 3.8) is 0 Å². The topological polar surface area (TPSA) is 20.6 Å². The third kappa shape index (κ3) is 7.45. The van der Waals surface area contributed by atoms with Crippen LogP contribution in [0, 0.1) is 6.67 Å². The molecular formula is C45H49AuN3-2. The maximum absolute atomic E-state index is 4.82. The second kappa shape index (κ2) is 15.7. The molecule has 0 aliphatic carbocycles. The molecule has 0 saturated heterocycles. The van der Waals surface area contributed by atoms with Crippen molar-refractivity contribution >= 4 is 22.7 Å². The van der Waals surface area contributed by atoms with Gasteiger partial charge in [-0.05, 0) is 80.6 Å². The molecule has 2 aliphatic rings. The van der Waals surface area contributed by atoms with Crippen LogP contribution in [0.2, 0.25) is 0 Å². The SMILES string of the molecule is CC(C)c1cccc(C(C)C)c1N1C=CN(c2c(C(C)C)cccc2C(C)C)[CH-]1.[Au].c1ccc2c(c1)[N-]c1ccccc1-c1ccccc1-2. The molecule has 2 aliphatic heterocycles. The first-order valence-electron chi connectivity index (χ1n) is 17.5. The van der Waals surface area contributed by atoms with Crippen LogP contribution < -0.4 is 9.80 Å². The Labute approximate surface area is 310 Å². The van der Waals surface area contributed by atoms with Crippen LogP contribution in [0.1, 0.15) is 101 Å². The predicted octanol–water partition coefficient (Wildman–Crippen LogP) is 13.8. The normalized spacial score (nSPS) is 13.0. The van der Waals surface area contributed by atoms with Gasteiger partial charge in [0, 0.05) is 33.8 Å². The second-order valence-electron chi connectivity index (χ2n) is 14.1. The van der Waals surface area contributed by atoms with E-state index in [2.05, 4.69) is 181 Å². The predicted molar refractivity (Wildman–Crippen MR) is 208 cm³/mol. The molecule has 5 aromatic rings. The number of rotatable bonds is 6. The molecule has 3 nitrogen and oxygen atoms in total. The van der Waals surface area contributed by atoms with E-state index in [1.54, 1.807) is 0 Å². The van der Waals surface area contributed by atoms with E-state index in [4.69, 9.17) is 5.32 Å². The molecule has 7 rings (SSSR count). The maximum atomic E-state index is 4.82. The first-order chi connectivity index (χ1) is 23.2. The Morgan fingerprint density at radius 1 is 0.408 bits per heavy atom. The van der Waals surface area contributed by atoms with Gasteiger partial charge >= 0.3 is 0 Å². The van der Waals surface area contributed by atoms with Gasteiger partial charge in [-0.2, -0.15) is 0 Å². The minimum atomic E-state index is 0. The molecule has 0 N–H and O–H groups in total. The van der Waals surface area contributed by atoms with Gasteiger partial charge in [0.2, 0.25) is 0 Å². The van der Waals surface area contributed by atoms with Crippen LogP contribution in [0.15, 0.2) is 122 Å². The zero-order valence-corrected chi connectivity index (χ0v) is 32.2. The van der Waals surface area contributed by atoms with E-state index in [1.165, 1.54) is 55.9 Å². The molecule has 257 valence electrons. The number of para-hydroxylation sites is 4. The fourth-order valence-corrected chi connectivity index (χ4v) is 6.92. The van der Waals surface area contributed by atoms with Crippen molar-refractivity contribution in [3.05, 3.63) is 156 Å². The number of hydrogen-bond acceptors (Lipinski definition) is 2. The fourth-order valence-electron chi connectivity index (χ4n) is 6.92. The van der Waals surface area contributed by atoms with Gasteiger partial charge in [-0.25, -0.2) is 0 Å². The van der Waals surface area contributed by atoms with Crippen molar-refractivity contribution in [1.82, 2.24) is 0 Å². The largest absolute Gasteiger partial charge is 0.657 e. The average molecular weight is 829 g/mol. The third-order valence-corrected chi connectivity index (χ3v) is 9.39. The Kier molecular flexibility index (Phi) is 11.6. The molecule has 0 atom stereocenters. The molecule has 4 heteroatoms. The monoisotopic (exact) mass is 828 g/mol. The summed E-state index contributed by atoms with van der Waals surface area (Å²) in [6.45, 7) is 20.5. The molecule has 49 heavy (non-hydrogen) atoms. The van der Waals surface area contributed by atoms with Crippen molar-refractivity contribution in [1.29, 1.82) is 0 Å². The van der Waals surface area contributed by atoms with E-state index in [0.29, 0.717) is 23.7 Å². The standard InChI is InChI=1S/C27H37N2.C18H12N.Au/c1-18(2)22-11-9-12-23(19(3)4)26(22)28-15-16-29(17-28)27-24(20(5)6)13-10-14-25(27)21(7)8;1-2-8-14-13(7-1)15-9-3-5-11-17(15)19-18-12-6-4-10-16(14)18;/h9-21H,1-8H3;1-12H;/q2*-1;. The summed E-state index contributed by atoms with van der Waals surface area (Å²) in [5.41, 5.74) is 15.3. The quantitative estimate of drug-likeness (QED) is 0.123. The molecule has 0 unspecified atom stereocenters.